The molecule has 0 aromatic heterocycles. The van der Waals surface area contributed by atoms with E-state index in [0.29, 0.717) is 5.84 Å². The molecule has 0 aliphatic carbocycles. The van der Waals surface area contributed by atoms with Gasteiger partial charge in [0, 0.05) is 6.54 Å². The molecule has 19 heavy (non-hydrogen) atoms. The van der Waals surface area contributed by atoms with E-state index in [1.165, 1.54) is 22.3 Å². The molecule has 1 unspecified atom stereocenters. The number of rotatable bonds is 3. The summed E-state index contributed by atoms with van der Waals surface area (Å²) in [5, 5.41) is 12.0. The molecule has 1 heterocycles. The Morgan fingerprint density at radius 1 is 1.37 bits per heavy atom. The van der Waals surface area contributed by atoms with E-state index < -0.39 is 0 Å². The second-order valence-corrected chi connectivity index (χ2v) is 5.53. The Morgan fingerprint density at radius 2 is 2.00 bits per heavy atom. The lowest BCUT2D eigenvalue weighted by Gasteiger charge is -2.25. The van der Waals surface area contributed by atoms with Crippen molar-refractivity contribution in [1.82, 2.24) is 4.90 Å². The zero-order valence-corrected chi connectivity index (χ0v) is 12.0. The quantitative estimate of drug-likeness (QED) is 0.380. The van der Waals surface area contributed by atoms with Gasteiger partial charge in [-0.25, -0.2) is 0 Å². The number of hydrogen-bond donors (Lipinski definition) is 2. The van der Waals surface area contributed by atoms with Crippen LogP contribution in [0.15, 0.2) is 17.3 Å². The third-order valence-electron chi connectivity index (χ3n) is 4.02. The lowest BCUT2D eigenvalue weighted by Crippen LogP contribution is -2.40. The van der Waals surface area contributed by atoms with Crippen molar-refractivity contribution in [2.45, 2.75) is 46.2 Å². The third-order valence-corrected chi connectivity index (χ3v) is 4.02. The molecular formula is C15H23N3O. The molecule has 1 aromatic carbocycles. The molecule has 1 aliphatic rings. The highest BCUT2D eigenvalue weighted by molar-refractivity contribution is 5.85. The van der Waals surface area contributed by atoms with Crippen LogP contribution in [-0.4, -0.2) is 28.5 Å². The first kappa shape index (κ1) is 13.9. The van der Waals surface area contributed by atoms with Crippen molar-refractivity contribution < 1.29 is 5.21 Å². The van der Waals surface area contributed by atoms with E-state index in [-0.39, 0.29) is 6.04 Å². The number of likely N-dealkylation sites (tertiary alicyclic amines) is 1. The molecule has 0 amide bonds. The second-order valence-electron chi connectivity index (χ2n) is 5.53. The molecule has 0 saturated carbocycles. The van der Waals surface area contributed by atoms with Gasteiger partial charge in [-0.2, -0.15) is 0 Å². The molecule has 1 atom stereocenters. The highest BCUT2D eigenvalue weighted by Crippen LogP contribution is 2.24. The minimum absolute atomic E-state index is 0.0742. The van der Waals surface area contributed by atoms with Crippen LogP contribution in [0.25, 0.3) is 0 Å². The van der Waals surface area contributed by atoms with Crippen LogP contribution in [0, 0.1) is 20.8 Å². The number of nitrogens with two attached hydrogens (primary N) is 1. The predicted octanol–water partition coefficient (Wildman–Crippen LogP) is 2.32. The van der Waals surface area contributed by atoms with Crippen LogP contribution in [0.2, 0.25) is 0 Å². The highest BCUT2D eigenvalue weighted by Gasteiger charge is 2.28. The molecule has 1 aromatic rings. The highest BCUT2D eigenvalue weighted by atomic mass is 16.4. The van der Waals surface area contributed by atoms with Crippen LogP contribution in [-0.2, 0) is 6.54 Å². The van der Waals surface area contributed by atoms with Crippen molar-refractivity contribution in [1.29, 1.82) is 0 Å². The number of nitrogens with zero attached hydrogens (tertiary/aromatic N) is 2. The topological polar surface area (TPSA) is 61.8 Å². The van der Waals surface area contributed by atoms with E-state index in [0.717, 1.165) is 25.9 Å². The van der Waals surface area contributed by atoms with E-state index >= 15 is 0 Å². The van der Waals surface area contributed by atoms with Crippen molar-refractivity contribution >= 4 is 5.84 Å². The summed E-state index contributed by atoms with van der Waals surface area (Å²) in [7, 11) is 0. The molecule has 104 valence electrons. The fourth-order valence-electron chi connectivity index (χ4n) is 3.08. The van der Waals surface area contributed by atoms with Gasteiger partial charge in [0.05, 0.1) is 6.04 Å². The number of benzene rings is 1. The van der Waals surface area contributed by atoms with E-state index in [1.807, 2.05) is 0 Å². The van der Waals surface area contributed by atoms with Crippen LogP contribution in [0.4, 0.5) is 0 Å². The number of oxime groups is 1. The zero-order chi connectivity index (χ0) is 14.0. The summed E-state index contributed by atoms with van der Waals surface area (Å²) >= 11 is 0. The smallest absolute Gasteiger partial charge is 0.156 e. The summed E-state index contributed by atoms with van der Waals surface area (Å²) in [6.07, 6.45) is 2.07. The van der Waals surface area contributed by atoms with Gasteiger partial charge >= 0.3 is 0 Å². The Labute approximate surface area is 114 Å². The molecule has 0 spiro atoms. The van der Waals surface area contributed by atoms with Gasteiger partial charge in [-0.1, -0.05) is 22.9 Å². The summed E-state index contributed by atoms with van der Waals surface area (Å²) in [6, 6.07) is 4.51. The molecule has 4 heteroatoms. The lowest BCUT2D eigenvalue weighted by molar-refractivity contribution is 0.274. The van der Waals surface area contributed by atoms with Crippen molar-refractivity contribution in [3.63, 3.8) is 0 Å². The van der Waals surface area contributed by atoms with E-state index in [9.17, 15) is 0 Å². The van der Waals surface area contributed by atoms with Gasteiger partial charge in [-0.05, 0) is 56.8 Å². The number of aryl methyl sites for hydroxylation is 3. The van der Waals surface area contributed by atoms with Crippen molar-refractivity contribution in [2.24, 2.45) is 10.9 Å². The summed E-state index contributed by atoms with van der Waals surface area (Å²) in [5.74, 6) is 0.333. The lowest BCUT2D eigenvalue weighted by atomic mass is 9.99. The van der Waals surface area contributed by atoms with E-state index in [2.05, 4.69) is 43.0 Å². The van der Waals surface area contributed by atoms with Gasteiger partial charge in [-0.3, -0.25) is 4.90 Å². The van der Waals surface area contributed by atoms with Crippen molar-refractivity contribution in [2.75, 3.05) is 6.54 Å². The maximum atomic E-state index is 8.86. The fourth-order valence-corrected chi connectivity index (χ4v) is 3.08. The third kappa shape index (κ3) is 2.89. The summed E-state index contributed by atoms with van der Waals surface area (Å²) in [4.78, 5) is 2.31. The van der Waals surface area contributed by atoms with Gasteiger partial charge in [0.25, 0.3) is 0 Å². The molecule has 1 fully saturated rings. The minimum atomic E-state index is 0.0742. The van der Waals surface area contributed by atoms with Crippen LogP contribution >= 0.6 is 0 Å². The average Bonchev–Trinajstić information content (AvgIpc) is 2.80. The molecule has 0 radical (unpaired) electrons. The number of hydrogen-bond acceptors (Lipinski definition) is 3. The maximum absolute atomic E-state index is 8.86. The zero-order valence-electron chi connectivity index (χ0n) is 12.0. The summed E-state index contributed by atoms with van der Waals surface area (Å²) < 4.78 is 0. The molecule has 1 saturated heterocycles. The molecule has 2 rings (SSSR count). The molecule has 4 nitrogen and oxygen atoms in total. The Hall–Kier alpha value is -1.55. The summed E-state index contributed by atoms with van der Waals surface area (Å²) in [5.41, 5.74) is 11.1. The largest absolute Gasteiger partial charge is 0.409 e. The van der Waals surface area contributed by atoms with Gasteiger partial charge < -0.3 is 10.9 Å². The van der Waals surface area contributed by atoms with Gasteiger partial charge in [-0.15, -0.1) is 0 Å². The Balaban J connectivity index is 2.21. The number of amidine groups is 1. The van der Waals surface area contributed by atoms with E-state index in [4.69, 9.17) is 10.9 Å². The first-order chi connectivity index (χ1) is 9.02. The van der Waals surface area contributed by atoms with Gasteiger partial charge in [0.2, 0.25) is 0 Å². The molecule has 1 aliphatic heterocycles. The van der Waals surface area contributed by atoms with Crippen LogP contribution in [0.1, 0.15) is 35.1 Å². The molecular weight excluding hydrogens is 238 g/mol. The van der Waals surface area contributed by atoms with Crippen molar-refractivity contribution in [3.05, 3.63) is 34.4 Å². The average molecular weight is 261 g/mol. The van der Waals surface area contributed by atoms with Crippen LogP contribution in [0.5, 0.6) is 0 Å². The second kappa shape index (κ2) is 5.61. The minimum Gasteiger partial charge on any atom is -0.409 e. The van der Waals surface area contributed by atoms with Crippen molar-refractivity contribution in [3.8, 4) is 0 Å². The van der Waals surface area contributed by atoms with Gasteiger partial charge in [0.1, 0.15) is 0 Å². The molecule has 3 N–H and O–H groups in total. The first-order valence-electron chi connectivity index (χ1n) is 6.81. The fraction of sp³-hybridized carbons (Fsp3) is 0.533. The Bertz CT molecular complexity index is 473. The van der Waals surface area contributed by atoms with Gasteiger partial charge in [0.15, 0.2) is 5.84 Å². The monoisotopic (exact) mass is 261 g/mol. The van der Waals surface area contributed by atoms with Crippen LogP contribution in [0.3, 0.4) is 0 Å². The SMILES string of the molecule is Cc1cc(C)c(CN2CCCC2C(N)=NO)c(C)c1. The Morgan fingerprint density at radius 3 is 2.58 bits per heavy atom. The summed E-state index contributed by atoms with van der Waals surface area (Å²) in [6.45, 7) is 8.32. The first-order valence-corrected chi connectivity index (χ1v) is 6.81. The standard InChI is InChI=1S/C15H23N3O/c1-10-7-11(2)13(12(3)8-10)9-18-6-4-5-14(18)15(16)17-19/h7-8,14,19H,4-6,9H2,1-3H3,(H2,16,17). The normalized spacial score (nSPS) is 21.0. The Kier molecular flexibility index (Phi) is 4.10. The molecule has 0 bridgehead atoms. The maximum Gasteiger partial charge on any atom is 0.156 e. The predicted molar refractivity (Wildman–Crippen MR) is 77.5 cm³/mol. The van der Waals surface area contributed by atoms with Crippen LogP contribution < -0.4 is 5.73 Å². The van der Waals surface area contributed by atoms with E-state index in [1.54, 1.807) is 0 Å².